The van der Waals surface area contributed by atoms with Crippen LogP contribution in [0.5, 0.6) is 0 Å². The highest BCUT2D eigenvalue weighted by Gasteiger charge is 2.06. The van der Waals surface area contributed by atoms with Gasteiger partial charge in [0.1, 0.15) is 0 Å². The summed E-state index contributed by atoms with van der Waals surface area (Å²) in [6.07, 6.45) is 0.583. The van der Waals surface area contributed by atoms with Gasteiger partial charge in [0.05, 0.1) is 5.75 Å². The van der Waals surface area contributed by atoms with Crippen LogP contribution in [0.4, 0.5) is 0 Å². The first-order valence-corrected chi connectivity index (χ1v) is 7.49. The van der Waals surface area contributed by atoms with E-state index in [2.05, 4.69) is 24.0 Å². The summed E-state index contributed by atoms with van der Waals surface area (Å²) in [6, 6.07) is 10.1. The minimum absolute atomic E-state index is 0.0539. The predicted octanol–water partition coefficient (Wildman–Crippen LogP) is 1.19. The van der Waals surface area contributed by atoms with Gasteiger partial charge in [-0.2, -0.15) is 0 Å². The van der Waals surface area contributed by atoms with E-state index < -0.39 is 10.0 Å². The Bertz CT molecular complexity index is 417. The number of benzene rings is 1. The quantitative estimate of drug-likeness (QED) is 0.797. The molecule has 1 aromatic carbocycles. The number of sulfonamides is 1. The Kier molecular flexibility index (Phi) is 5.61. The molecule has 1 aromatic rings. The van der Waals surface area contributed by atoms with E-state index in [4.69, 9.17) is 5.14 Å². The number of nitrogens with two attached hydrogens (primary N) is 1. The van der Waals surface area contributed by atoms with Crippen molar-refractivity contribution in [3.63, 3.8) is 0 Å². The number of rotatable bonds is 7. The molecule has 96 valence electrons. The molecule has 17 heavy (non-hydrogen) atoms. The molecule has 5 heteroatoms. The van der Waals surface area contributed by atoms with Gasteiger partial charge in [0.25, 0.3) is 0 Å². The maximum absolute atomic E-state index is 10.8. The van der Waals surface area contributed by atoms with Gasteiger partial charge in [-0.1, -0.05) is 37.3 Å². The molecule has 0 radical (unpaired) electrons. The molecule has 0 unspecified atom stereocenters. The average Bonchev–Trinajstić information content (AvgIpc) is 2.27. The molecule has 0 aliphatic rings. The van der Waals surface area contributed by atoms with E-state index in [-0.39, 0.29) is 5.75 Å². The van der Waals surface area contributed by atoms with Gasteiger partial charge in [0, 0.05) is 6.54 Å². The zero-order valence-corrected chi connectivity index (χ0v) is 11.0. The molecule has 1 rings (SSSR count). The van der Waals surface area contributed by atoms with Gasteiger partial charge in [-0.3, -0.25) is 4.90 Å². The number of hydrogen-bond acceptors (Lipinski definition) is 3. The van der Waals surface area contributed by atoms with E-state index >= 15 is 0 Å². The standard InChI is InChI=1S/C12H20N2O2S/c1-2-14(9-6-10-17(13,15)16)11-12-7-4-3-5-8-12/h3-5,7-8H,2,6,9-11H2,1H3,(H2,13,15,16). The minimum Gasteiger partial charge on any atom is -0.299 e. The highest BCUT2D eigenvalue weighted by Crippen LogP contribution is 2.04. The third-order valence-electron chi connectivity index (χ3n) is 2.60. The van der Waals surface area contributed by atoms with E-state index in [1.165, 1.54) is 5.56 Å². The van der Waals surface area contributed by atoms with E-state index in [1.807, 2.05) is 18.2 Å². The summed E-state index contributed by atoms with van der Waals surface area (Å²) in [7, 11) is -3.33. The van der Waals surface area contributed by atoms with Crippen molar-refractivity contribution in [2.45, 2.75) is 19.9 Å². The van der Waals surface area contributed by atoms with Crippen LogP contribution < -0.4 is 5.14 Å². The SMILES string of the molecule is CCN(CCCS(N)(=O)=O)Cc1ccccc1. The maximum Gasteiger partial charge on any atom is 0.209 e. The fourth-order valence-corrected chi connectivity index (χ4v) is 2.21. The van der Waals surface area contributed by atoms with Gasteiger partial charge in [-0.25, -0.2) is 13.6 Å². The van der Waals surface area contributed by atoms with Crippen molar-refractivity contribution < 1.29 is 8.42 Å². The maximum atomic E-state index is 10.8. The summed E-state index contributed by atoms with van der Waals surface area (Å²) in [5.41, 5.74) is 1.24. The van der Waals surface area contributed by atoms with Crippen LogP contribution in [0, 0.1) is 0 Å². The van der Waals surface area contributed by atoms with Gasteiger partial charge in [-0.05, 0) is 25.1 Å². The second-order valence-electron chi connectivity index (χ2n) is 4.07. The van der Waals surface area contributed by atoms with Crippen molar-refractivity contribution in [3.05, 3.63) is 35.9 Å². The lowest BCUT2D eigenvalue weighted by Crippen LogP contribution is -2.27. The Balaban J connectivity index is 2.39. The molecule has 0 aliphatic carbocycles. The van der Waals surface area contributed by atoms with Crippen LogP contribution >= 0.6 is 0 Å². The first-order valence-electron chi connectivity index (χ1n) is 5.78. The molecular weight excluding hydrogens is 236 g/mol. The third kappa shape index (κ3) is 6.41. The molecule has 0 fully saturated rings. The summed E-state index contributed by atoms with van der Waals surface area (Å²) in [5.74, 6) is 0.0539. The van der Waals surface area contributed by atoms with Crippen molar-refractivity contribution in [3.8, 4) is 0 Å². The van der Waals surface area contributed by atoms with E-state index in [0.29, 0.717) is 6.42 Å². The van der Waals surface area contributed by atoms with Crippen molar-refractivity contribution in [1.82, 2.24) is 4.90 Å². The highest BCUT2D eigenvalue weighted by molar-refractivity contribution is 7.89. The van der Waals surface area contributed by atoms with Gasteiger partial charge < -0.3 is 0 Å². The third-order valence-corrected chi connectivity index (χ3v) is 3.46. The monoisotopic (exact) mass is 256 g/mol. The number of hydrogen-bond donors (Lipinski definition) is 1. The lowest BCUT2D eigenvalue weighted by atomic mass is 10.2. The average molecular weight is 256 g/mol. The summed E-state index contributed by atoms with van der Waals surface area (Å²) in [5, 5.41) is 4.97. The molecule has 2 N–H and O–H groups in total. The van der Waals surface area contributed by atoms with Crippen LogP contribution in [-0.2, 0) is 16.6 Å². The molecule has 0 spiro atoms. The minimum atomic E-state index is -3.33. The largest absolute Gasteiger partial charge is 0.299 e. The fourth-order valence-electron chi connectivity index (χ4n) is 1.68. The lowest BCUT2D eigenvalue weighted by Gasteiger charge is -2.20. The number of nitrogens with zero attached hydrogens (tertiary/aromatic N) is 1. The fraction of sp³-hybridized carbons (Fsp3) is 0.500. The Morgan fingerprint density at radius 3 is 2.41 bits per heavy atom. The van der Waals surface area contributed by atoms with Crippen LogP contribution in [0.15, 0.2) is 30.3 Å². The molecule has 0 amide bonds. The summed E-state index contributed by atoms with van der Waals surface area (Å²) < 4.78 is 21.6. The Labute approximate surface area is 103 Å². The molecule has 0 aliphatic heterocycles. The van der Waals surface area contributed by atoms with Gasteiger partial charge in [0.2, 0.25) is 10.0 Å². The first kappa shape index (κ1) is 14.2. The molecule has 0 aromatic heterocycles. The van der Waals surface area contributed by atoms with Crippen LogP contribution in [0.1, 0.15) is 18.9 Å². The van der Waals surface area contributed by atoms with Crippen LogP contribution in [0.25, 0.3) is 0 Å². The van der Waals surface area contributed by atoms with Crippen LogP contribution in [0.2, 0.25) is 0 Å². The zero-order chi connectivity index (χ0) is 12.7. The predicted molar refractivity (Wildman–Crippen MR) is 70.0 cm³/mol. The second kappa shape index (κ2) is 6.74. The van der Waals surface area contributed by atoms with Crippen LogP contribution in [-0.4, -0.2) is 32.2 Å². The van der Waals surface area contributed by atoms with Crippen molar-refractivity contribution >= 4 is 10.0 Å². The number of primary sulfonamides is 1. The smallest absolute Gasteiger partial charge is 0.209 e. The van der Waals surface area contributed by atoms with Gasteiger partial charge >= 0.3 is 0 Å². The lowest BCUT2D eigenvalue weighted by molar-refractivity contribution is 0.281. The summed E-state index contributed by atoms with van der Waals surface area (Å²) >= 11 is 0. The van der Waals surface area contributed by atoms with Gasteiger partial charge in [0.15, 0.2) is 0 Å². The molecule has 0 atom stereocenters. The molecule has 0 heterocycles. The highest BCUT2D eigenvalue weighted by atomic mass is 32.2. The normalized spacial score (nSPS) is 11.9. The molecule has 4 nitrogen and oxygen atoms in total. The van der Waals surface area contributed by atoms with Crippen molar-refractivity contribution in [1.29, 1.82) is 0 Å². The zero-order valence-electron chi connectivity index (χ0n) is 10.2. The van der Waals surface area contributed by atoms with Gasteiger partial charge in [-0.15, -0.1) is 0 Å². The second-order valence-corrected chi connectivity index (χ2v) is 5.81. The van der Waals surface area contributed by atoms with Crippen molar-refractivity contribution in [2.75, 3.05) is 18.8 Å². The first-order chi connectivity index (χ1) is 8.01. The van der Waals surface area contributed by atoms with E-state index in [9.17, 15) is 8.42 Å². The summed E-state index contributed by atoms with van der Waals surface area (Å²) in [6.45, 7) is 4.57. The van der Waals surface area contributed by atoms with E-state index in [0.717, 1.165) is 19.6 Å². The van der Waals surface area contributed by atoms with Crippen LogP contribution in [0.3, 0.4) is 0 Å². The topological polar surface area (TPSA) is 63.4 Å². The Morgan fingerprint density at radius 1 is 1.24 bits per heavy atom. The van der Waals surface area contributed by atoms with Crippen molar-refractivity contribution in [2.24, 2.45) is 5.14 Å². The Hall–Kier alpha value is -0.910. The van der Waals surface area contributed by atoms with E-state index in [1.54, 1.807) is 0 Å². The molecular formula is C12H20N2O2S. The molecule has 0 saturated heterocycles. The molecule has 0 saturated carbocycles. The molecule has 0 bridgehead atoms. The Morgan fingerprint density at radius 2 is 1.88 bits per heavy atom. The summed E-state index contributed by atoms with van der Waals surface area (Å²) in [4.78, 5) is 2.21.